The van der Waals surface area contributed by atoms with E-state index >= 15 is 0 Å². The maximum Gasteiger partial charge on any atom is 0.140 e. The summed E-state index contributed by atoms with van der Waals surface area (Å²) in [5.74, 6) is 1.00. The van der Waals surface area contributed by atoms with E-state index in [4.69, 9.17) is 4.74 Å². The molecule has 2 aromatic heterocycles. The van der Waals surface area contributed by atoms with E-state index < -0.39 is 0 Å². The van der Waals surface area contributed by atoms with Gasteiger partial charge in [-0.1, -0.05) is 18.2 Å². The van der Waals surface area contributed by atoms with Gasteiger partial charge in [-0.3, -0.25) is 4.98 Å². The van der Waals surface area contributed by atoms with Crippen LogP contribution in [-0.4, -0.2) is 40.3 Å². The minimum Gasteiger partial charge on any atom is -0.379 e. The van der Waals surface area contributed by atoms with Crippen molar-refractivity contribution in [3.05, 3.63) is 48.9 Å². The Labute approximate surface area is 135 Å². The maximum atomic E-state index is 5.53. The van der Waals surface area contributed by atoms with E-state index in [0.717, 1.165) is 55.0 Å². The molecule has 0 bridgehead atoms. The lowest BCUT2D eigenvalue weighted by Gasteiger charge is -2.24. The lowest BCUT2D eigenvalue weighted by molar-refractivity contribution is 0.0728. The number of hydrogen-bond acceptors (Lipinski definition) is 4. The molecule has 118 valence electrons. The summed E-state index contributed by atoms with van der Waals surface area (Å²) in [6, 6.07) is 10.7. The van der Waals surface area contributed by atoms with Crippen molar-refractivity contribution >= 4 is 10.9 Å². The summed E-state index contributed by atoms with van der Waals surface area (Å²) in [4.78, 5) is 9.02. The highest BCUT2D eigenvalue weighted by molar-refractivity contribution is 5.92. The molecule has 0 aliphatic carbocycles. The lowest BCUT2D eigenvalue weighted by Crippen LogP contribution is -2.41. The second-order valence-corrected chi connectivity index (χ2v) is 5.83. The Balaban J connectivity index is 1.61. The predicted molar refractivity (Wildman–Crippen MR) is 90.2 cm³/mol. The van der Waals surface area contributed by atoms with Crippen molar-refractivity contribution in [1.82, 2.24) is 19.9 Å². The van der Waals surface area contributed by atoms with Crippen LogP contribution in [0.2, 0.25) is 0 Å². The Morgan fingerprint density at radius 3 is 3.09 bits per heavy atom. The molecule has 1 N–H and O–H groups in total. The number of nitrogens with one attached hydrogen (secondary N) is 1. The van der Waals surface area contributed by atoms with Gasteiger partial charge in [0.15, 0.2) is 0 Å². The zero-order valence-electron chi connectivity index (χ0n) is 13.0. The largest absolute Gasteiger partial charge is 0.379 e. The molecule has 0 saturated carbocycles. The van der Waals surface area contributed by atoms with Crippen LogP contribution in [0.5, 0.6) is 0 Å². The van der Waals surface area contributed by atoms with Crippen molar-refractivity contribution in [3.8, 4) is 11.4 Å². The first-order valence-corrected chi connectivity index (χ1v) is 8.08. The van der Waals surface area contributed by atoms with Gasteiger partial charge in [-0.15, -0.1) is 0 Å². The van der Waals surface area contributed by atoms with Gasteiger partial charge in [0, 0.05) is 48.7 Å². The number of morpholine rings is 1. The van der Waals surface area contributed by atoms with Crippen LogP contribution in [0.3, 0.4) is 0 Å². The number of rotatable bonds is 4. The number of aryl methyl sites for hydroxylation is 1. The predicted octanol–water partition coefficient (Wildman–Crippen LogP) is 2.48. The van der Waals surface area contributed by atoms with E-state index in [2.05, 4.69) is 32.0 Å². The molecule has 0 amide bonds. The van der Waals surface area contributed by atoms with Crippen LogP contribution in [0.15, 0.2) is 48.9 Å². The Hall–Kier alpha value is -2.24. The number of benzene rings is 1. The molecule has 3 aromatic rings. The Kier molecular flexibility index (Phi) is 4.05. The molecule has 4 rings (SSSR count). The summed E-state index contributed by atoms with van der Waals surface area (Å²) in [7, 11) is 0. The summed E-state index contributed by atoms with van der Waals surface area (Å²) in [5.41, 5.74) is 2.13. The van der Waals surface area contributed by atoms with Gasteiger partial charge in [0.1, 0.15) is 5.82 Å². The Morgan fingerprint density at radius 2 is 2.17 bits per heavy atom. The number of aromatic nitrogens is 3. The third-order valence-corrected chi connectivity index (χ3v) is 4.32. The van der Waals surface area contributed by atoms with E-state index in [9.17, 15) is 0 Å². The van der Waals surface area contributed by atoms with E-state index in [-0.39, 0.29) is 0 Å². The zero-order chi connectivity index (χ0) is 15.5. The minimum absolute atomic E-state index is 0.424. The van der Waals surface area contributed by atoms with Crippen molar-refractivity contribution in [2.45, 2.75) is 19.0 Å². The summed E-state index contributed by atoms with van der Waals surface area (Å²) >= 11 is 0. The van der Waals surface area contributed by atoms with Gasteiger partial charge in [-0.05, 0) is 18.6 Å². The van der Waals surface area contributed by atoms with Crippen LogP contribution < -0.4 is 5.32 Å². The first kappa shape index (κ1) is 14.4. The molecule has 1 saturated heterocycles. The number of pyridine rings is 1. The fourth-order valence-electron chi connectivity index (χ4n) is 3.13. The van der Waals surface area contributed by atoms with Crippen LogP contribution in [0.25, 0.3) is 22.3 Å². The van der Waals surface area contributed by atoms with Crippen molar-refractivity contribution in [2.24, 2.45) is 0 Å². The molecule has 3 heterocycles. The summed E-state index contributed by atoms with van der Waals surface area (Å²) in [5, 5.41) is 4.64. The van der Waals surface area contributed by atoms with Crippen LogP contribution >= 0.6 is 0 Å². The normalized spacial score (nSPS) is 18.3. The highest BCUT2D eigenvalue weighted by Gasteiger charge is 2.15. The molecule has 0 spiro atoms. The topological polar surface area (TPSA) is 52.0 Å². The van der Waals surface area contributed by atoms with Gasteiger partial charge in [-0.25, -0.2) is 4.98 Å². The van der Waals surface area contributed by atoms with Gasteiger partial charge >= 0.3 is 0 Å². The smallest absolute Gasteiger partial charge is 0.140 e. The Morgan fingerprint density at radius 1 is 1.17 bits per heavy atom. The number of imidazole rings is 1. The van der Waals surface area contributed by atoms with Crippen molar-refractivity contribution < 1.29 is 4.74 Å². The van der Waals surface area contributed by atoms with E-state index in [1.54, 1.807) is 0 Å². The fraction of sp³-hybridized carbons (Fsp3) is 0.333. The molecule has 1 aliphatic heterocycles. The van der Waals surface area contributed by atoms with Crippen LogP contribution in [0.1, 0.15) is 6.42 Å². The third kappa shape index (κ3) is 2.98. The standard InChI is InChI=1S/C18H20N4O/c1-3-16(15-4-2-7-20-17(15)5-1)18-21-8-11-22(18)10-6-14-13-23-12-9-19-14/h1-5,7-8,11,14,19H,6,9-10,12-13H2. The monoisotopic (exact) mass is 308 g/mol. The molecule has 5 heteroatoms. The lowest BCUT2D eigenvalue weighted by atomic mass is 10.1. The van der Waals surface area contributed by atoms with Crippen LogP contribution in [0, 0.1) is 0 Å². The van der Waals surface area contributed by atoms with Gasteiger partial charge in [0.25, 0.3) is 0 Å². The van der Waals surface area contributed by atoms with E-state index in [1.165, 1.54) is 0 Å². The summed E-state index contributed by atoms with van der Waals surface area (Å²) in [6.45, 7) is 3.47. The number of fused-ring (bicyclic) bond motifs is 1. The first-order valence-electron chi connectivity index (χ1n) is 8.08. The fourth-order valence-corrected chi connectivity index (χ4v) is 3.13. The number of hydrogen-bond donors (Lipinski definition) is 1. The van der Waals surface area contributed by atoms with Crippen LogP contribution in [0.4, 0.5) is 0 Å². The third-order valence-electron chi connectivity index (χ3n) is 4.32. The molecule has 1 aromatic carbocycles. The van der Waals surface area contributed by atoms with E-state index in [1.807, 2.05) is 36.8 Å². The van der Waals surface area contributed by atoms with Crippen LogP contribution in [-0.2, 0) is 11.3 Å². The molecular weight excluding hydrogens is 288 g/mol. The quantitative estimate of drug-likeness (QED) is 0.804. The van der Waals surface area contributed by atoms with Crippen molar-refractivity contribution in [1.29, 1.82) is 0 Å². The molecule has 1 fully saturated rings. The summed E-state index contributed by atoms with van der Waals surface area (Å²) in [6.07, 6.45) is 6.78. The van der Waals surface area contributed by atoms with Gasteiger partial charge < -0.3 is 14.6 Å². The molecule has 5 nitrogen and oxygen atoms in total. The molecule has 23 heavy (non-hydrogen) atoms. The van der Waals surface area contributed by atoms with E-state index in [0.29, 0.717) is 6.04 Å². The van der Waals surface area contributed by atoms with Crippen molar-refractivity contribution in [2.75, 3.05) is 19.8 Å². The molecular formula is C18H20N4O. The molecule has 1 aliphatic rings. The summed E-state index contributed by atoms with van der Waals surface area (Å²) < 4.78 is 7.75. The maximum absolute atomic E-state index is 5.53. The number of nitrogens with zero attached hydrogens (tertiary/aromatic N) is 3. The SMILES string of the molecule is c1cc(-c2nccn2CCC2COCCN2)c2cccnc2c1. The highest BCUT2D eigenvalue weighted by Crippen LogP contribution is 2.26. The van der Waals surface area contributed by atoms with Gasteiger partial charge in [-0.2, -0.15) is 0 Å². The Bertz CT molecular complexity index is 787. The second-order valence-electron chi connectivity index (χ2n) is 5.83. The van der Waals surface area contributed by atoms with Gasteiger partial charge in [0.2, 0.25) is 0 Å². The molecule has 1 unspecified atom stereocenters. The van der Waals surface area contributed by atoms with Gasteiger partial charge in [0.05, 0.1) is 18.7 Å². The average Bonchev–Trinajstić information content (AvgIpc) is 3.09. The molecule has 1 atom stereocenters. The first-order chi connectivity index (χ1) is 11.4. The second kappa shape index (κ2) is 6.48. The molecule has 0 radical (unpaired) electrons. The zero-order valence-corrected chi connectivity index (χ0v) is 13.0. The average molecular weight is 308 g/mol. The highest BCUT2D eigenvalue weighted by atomic mass is 16.5. The minimum atomic E-state index is 0.424. The van der Waals surface area contributed by atoms with Crippen molar-refractivity contribution in [3.63, 3.8) is 0 Å². The number of ether oxygens (including phenoxy) is 1.